The van der Waals surface area contributed by atoms with Gasteiger partial charge >= 0.3 is 0 Å². The molecular weight excluding hydrogens is 245 g/mol. The number of hydrogen-bond acceptors (Lipinski definition) is 2. The summed E-state index contributed by atoms with van der Waals surface area (Å²) >= 11 is 0. The van der Waals surface area contributed by atoms with Gasteiger partial charge in [0.15, 0.2) is 0 Å². The van der Waals surface area contributed by atoms with Gasteiger partial charge in [-0.25, -0.2) is 4.98 Å². The summed E-state index contributed by atoms with van der Waals surface area (Å²) < 4.78 is 1.96. The molecule has 5 heteroatoms. The molecule has 16 heavy (non-hydrogen) atoms. The van der Waals surface area contributed by atoms with E-state index in [-0.39, 0.29) is 30.9 Å². The van der Waals surface area contributed by atoms with Crippen LogP contribution in [0.4, 0.5) is 0 Å². The molecule has 0 radical (unpaired) electrons. The Morgan fingerprint density at radius 3 is 2.25 bits per heavy atom. The maximum Gasteiger partial charge on any atom is 0.0991 e. The highest BCUT2D eigenvalue weighted by Crippen LogP contribution is 2.13. The SMILES string of the molecule is CC(N)c1ccc(-n2ccnc2)cc1.Cl.Cl. The normalized spacial score (nSPS) is 11.1. The van der Waals surface area contributed by atoms with Crippen LogP contribution in [-0.4, -0.2) is 9.55 Å². The molecule has 0 saturated carbocycles. The molecule has 0 aliphatic carbocycles. The predicted octanol–water partition coefficient (Wildman–Crippen LogP) is 2.74. The number of rotatable bonds is 2. The van der Waals surface area contributed by atoms with Gasteiger partial charge in [-0.3, -0.25) is 0 Å². The van der Waals surface area contributed by atoms with Crippen molar-refractivity contribution in [2.24, 2.45) is 5.73 Å². The summed E-state index contributed by atoms with van der Waals surface area (Å²) in [5.74, 6) is 0. The monoisotopic (exact) mass is 259 g/mol. The molecule has 1 atom stereocenters. The Morgan fingerprint density at radius 1 is 1.19 bits per heavy atom. The van der Waals surface area contributed by atoms with Crippen LogP contribution in [0.5, 0.6) is 0 Å². The van der Waals surface area contributed by atoms with E-state index in [1.165, 1.54) is 0 Å². The Bertz CT molecular complexity index is 396. The molecule has 0 aliphatic heterocycles. The van der Waals surface area contributed by atoms with E-state index in [4.69, 9.17) is 5.73 Å². The van der Waals surface area contributed by atoms with Gasteiger partial charge in [-0.05, 0) is 24.6 Å². The fraction of sp³-hybridized carbons (Fsp3) is 0.182. The van der Waals surface area contributed by atoms with Crippen LogP contribution in [-0.2, 0) is 0 Å². The lowest BCUT2D eigenvalue weighted by atomic mass is 10.1. The summed E-state index contributed by atoms with van der Waals surface area (Å²) in [6.07, 6.45) is 5.46. The Balaban J connectivity index is 0.00000112. The first kappa shape index (κ1) is 15.0. The molecule has 0 bridgehead atoms. The molecule has 0 saturated heterocycles. The molecule has 3 nitrogen and oxygen atoms in total. The molecule has 1 unspecified atom stereocenters. The largest absolute Gasteiger partial charge is 0.324 e. The van der Waals surface area contributed by atoms with Gasteiger partial charge in [0.2, 0.25) is 0 Å². The van der Waals surface area contributed by atoms with E-state index in [1.54, 1.807) is 12.5 Å². The second kappa shape index (κ2) is 6.53. The Hall–Kier alpha value is -1.03. The third-order valence-corrected chi connectivity index (χ3v) is 2.22. The van der Waals surface area contributed by atoms with E-state index in [1.807, 2.05) is 42.0 Å². The number of nitrogens with zero attached hydrogens (tertiary/aromatic N) is 2. The van der Waals surface area contributed by atoms with Crippen LogP contribution in [0.3, 0.4) is 0 Å². The summed E-state index contributed by atoms with van der Waals surface area (Å²) in [7, 11) is 0. The van der Waals surface area contributed by atoms with Gasteiger partial charge in [0.05, 0.1) is 6.33 Å². The number of imidazole rings is 1. The molecule has 1 aromatic carbocycles. The summed E-state index contributed by atoms with van der Waals surface area (Å²) in [4.78, 5) is 3.99. The van der Waals surface area contributed by atoms with Gasteiger partial charge in [0.1, 0.15) is 0 Å². The van der Waals surface area contributed by atoms with Crippen LogP contribution in [0.25, 0.3) is 5.69 Å². The zero-order valence-corrected chi connectivity index (χ0v) is 10.5. The molecular formula is C11H15Cl2N3. The summed E-state index contributed by atoms with van der Waals surface area (Å²) in [6, 6.07) is 8.26. The minimum atomic E-state index is 0. The number of nitrogens with two attached hydrogens (primary N) is 1. The highest BCUT2D eigenvalue weighted by molar-refractivity contribution is 5.85. The van der Waals surface area contributed by atoms with Crippen molar-refractivity contribution in [2.45, 2.75) is 13.0 Å². The summed E-state index contributed by atoms with van der Waals surface area (Å²) in [5.41, 5.74) is 8.01. The second-order valence-corrected chi connectivity index (χ2v) is 3.35. The number of halogens is 2. The maximum atomic E-state index is 5.76. The van der Waals surface area contributed by atoms with Crippen molar-refractivity contribution in [3.05, 3.63) is 48.5 Å². The Labute approximate surface area is 108 Å². The van der Waals surface area contributed by atoms with Gasteiger partial charge in [0, 0.05) is 24.1 Å². The average molecular weight is 260 g/mol. The van der Waals surface area contributed by atoms with Crippen molar-refractivity contribution in [3.63, 3.8) is 0 Å². The molecule has 0 aliphatic rings. The van der Waals surface area contributed by atoms with E-state index in [0.717, 1.165) is 11.3 Å². The Kier molecular flexibility index (Phi) is 6.11. The first-order valence-electron chi connectivity index (χ1n) is 4.61. The van der Waals surface area contributed by atoms with Gasteiger partial charge in [0.25, 0.3) is 0 Å². The van der Waals surface area contributed by atoms with Crippen molar-refractivity contribution in [1.82, 2.24) is 9.55 Å². The van der Waals surface area contributed by atoms with E-state index >= 15 is 0 Å². The molecule has 1 heterocycles. The van der Waals surface area contributed by atoms with Crippen molar-refractivity contribution in [2.75, 3.05) is 0 Å². The summed E-state index contributed by atoms with van der Waals surface area (Å²) in [6.45, 7) is 1.98. The van der Waals surface area contributed by atoms with Crippen molar-refractivity contribution < 1.29 is 0 Å². The quantitative estimate of drug-likeness (QED) is 0.902. The predicted molar refractivity (Wildman–Crippen MR) is 70.7 cm³/mol. The highest BCUT2D eigenvalue weighted by atomic mass is 35.5. The lowest BCUT2D eigenvalue weighted by Crippen LogP contribution is -2.04. The average Bonchev–Trinajstić information content (AvgIpc) is 2.71. The fourth-order valence-corrected chi connectivity index (χ4v) is 1.36. The highest BCUT2D eigenvalue weighted by Gasteiger charge is 1.99. The third kappa shape index (κ3) is 3.23. The Morgan fingerprint density at radius 2 is 1.81 bits per heavy atom. The molecule has 1 aromatic heterocycles. The zero-order chi connectivity index (χ0) is 9.97. The van der Waals surface area contributed by atoms with Crippen LogP contribution < -0.4 is 5.73 Å². The van der Waals surface area contributed by atoms with Crippen molar-refractivity contribution in [3.8, 4) is 5.69 Å². The van der Waals surface area contributed by atoms with Crippen LogP contribution in [0, 0.1) is 0 Å². The number of aromatic nitrogens is 2. The van der Waals surface area contributed by atoms with E-state index in [2.05, 4.69) is 4.98 Å². The van der Waals surface area contributed by atoms with Crippen LogP contribution in [0.1, 0.15) is 18.5 Å². The van der Waals surface area contributed by atoms with Crippen molar-refractivity contribution >= 4 is 24.8 Å². The summed E-state index contributed by atoms with van der Waals surface area (Å²) in [5, 5.41) is 0. The molecule has 2 rings (SSSR count). The fourth-order valence-electron chi connectivity index (χ4n) is 1.36. The third-order valence-electron chi connectivity index (χ3n) is 2.22. The topological polar surface area (TPSA) is 43.8 Å². The number of hydrogen-bond donors (Lipinski definition) is 1. The lowest BCUT2D eigenvalue weighted by molar-refractivity contribution is 0.817. The van der Waals surface area contributed by atoms with Gasteiger partial charge < -0.3 is 10.3 Å². The first-order chi connectivity index (χ1) is 6.77. The van der Waals surface area contributed by atoms with Crippen LogP contribution >= 0.6 is 24.8 Å². The smallest absolute Gasteiger partial charge is 0.0991 e. The molecule has 88 valence electrons. The van der Waals surface area contributed by atoms with Crippen molar-refractivity contribution in [1.29, 1.82) is 0 Å². The van der Waals surface area contributed by atoms with Crippen LogP contribution in [0.2, 0.25) is 0 Å². The molecule has 0 amide bonds. The van der Waals surface area contributed by atoms with E-state index in [9.17, 15) is 0 Å². The number of benzene rings is 1. The standard InChI is InChI=1S/C11H13N3.2ClH/c1-9(12)10-2-4-11(5-3-10)14-7-6-13-8-14;;/h2-9H,12H2,1H3;2*1H. The maximum absolute atomic E-state index is 5.76. The second-order valence-electron chi connectivity index (χ2n) is 3.35. The van der Waals surface area contributed by atoms with Gasteiger partial charge in [-0.15, -0.1) is 24.8 Å². The molecule has 2 N–H and O–H groups in total. The minimum Gasteiger partial charge on any atom is -0.324 e. The van der Waals surface area contributed by atoms with E-state index in [0.29, 0.717) is 0 Å². The molecule has 0 spiro atoms. The van der Waals surface area contributed by atoms with Gasteiger partial charge in [-0.2, -0.15) is 0 Å². The van der Waals surface area contributed by atoms with Crippen LogP contribution in [0.15, 0.2) is 43.0 Å². The molecule has 0 fully saturated rings. The molecule has 2 aromatic rings. The zero-order valence-electron chi connectivity index (χ0n) is 8.91. The minimum absolute atomic E-state index is 0. The first-order valence-corrected chi connectivity index (χ1v) is 4.61. The van der Waals surface area contributed by atoms with E-state index < -0.39 is 0 Å². The lowest BCUT2D eigenvalue weighted by Gasteiger charge is -2.07. The van der Waals surface area contributed by atoms with Gasteiger partial charge in [-0.1, -0.05) is 12.1 Å².